The van der Waals surface area contributed by atoms with Gasteiger partial charge in [-0.3, -0.25) is 14.2 Å². The lowest BCUT2D eigenvalue weighted by molar-refractivity contribution is -0.116. The molecule has 8 heteroatoms. The Hall–Kier alpha value is -3.00. The van der Waals surface area contributed by atoms with Gasteiger partial charge >= 0.3 is 5.97 Å². The predicted octanol–water partition coefficient (Wildman–Crippen LogP) is 3.78. The van der Waals surface area contributed by atoms with Crippen molar-refractivity contribution in [2.24, 2.45) is 5.92 Å². The molecule has 1 aromatic carbocycles. The highest BCUT2D eigenvalue weighted by molar-refractivity contribution is 7.15. The minimum Gasteiger partial charge on any atom is -0.462 e. The standard InChI is InChI=1S/C22H25N3O4S/c1-5-29-22(28)19-15(10-13(2)3)12-30-20(19)24-18(26)11-25-14(4)23-17-9-7-6-8-16(17)21(25)27/h6-9,12-13H,5,10-11H2,1-4H3,(H,24,26). The van der Waals surface area contributed by atoms with Gasteiger partial charge in [-0.25, -0.2) is 9.78 Å². The van der Waals surface area contributed by atoms with E-state index in [1.165, 1.54) is 15.9 Å². The number of hydrogen-bond acceptors (Lipinski definition) is 6. The summed E-state index contributed by atoms with van der Waals surface area (Å²) in [4.78, 5) is 42.4. The number of fused-ring (bicyclic) bond motifs is 1. The van der Waals surface area contributed by atoms with Gasteiger partial charge in [0.05, 0.1) is 23.1 Å². The molecule has 0 atom stereocenters. The normalized spacial score (nSPS) is 11.1. The minimum absolute atomic E-state index is 0.192. The van der Waals surface area contributed by atoms with Crippen LogP contribution in [0.25, 0.3) is 10.9 Å². The number of carbonyl (C=O) groups is 2. The van der Waals surface area contributed by atoms with E-state index in [4.69, 9.17) is 4.74 Å². The number of hydrogen-bond donors (Lipinski definition) is 1. The van der Waals surface area contributed by atoms with E-state index in [0.29, 0.717) is 39.6 Å². The quantitative estimate of drug-likeness (QED) is 0.580. The van der Waals surface area contributed by atoms with E-state index in [9.17, 15) is 14.4 Å². The second-order valence-corrected chi connectivity index (χ2v) is 8.28. The summed E-state index contributed by atoms with van der Waals surface area (Å²) in [7, 11) is 0. The Bertz CT molecular complexity index is 1150. The Morgan fingerprint density at radius 3 is 2.70 bits per heavy atom. The Kier molecular flexibility index (Phi) is 6.66. The molecule has 0 aliphatic rings. The number of para-hydroxylation sites is 1. The van der Waals surface area contributed by atoms with Gasteiger partial charge in [-0.2, -0.15) is 0 Å². The predicted molar refractivity (Wildman–Crippen MR) is 118 cm³/mol. The van der Waals surface area contributed by atoms with Crippen molar-refractivity contribution in [2.75, 3.05) is 11.9 Å². The van der Waals surface area contributed by atoms with Crippen LogP contribution in [0.3, 0.4) is 0 Å². The Morgan fingerprint density at radius 1 is 1.27 bits per heavy atom. The molecule has 0 saturated carbocycles. The van der Waals surface area contributed by atoms with Crippen LogP contribution in [0, 0.1) is 12.8 Å². The summed E-state index contributed by atoms with van der Waals surface area (Å²) < 4.78 is 6.52. The lowest BCUT2D eigenvalue weighted by Gasteiger charge is -2.12. The van der Waals surface area contributed by atoms with E-state index in [0.717, 1.165) is 5.56 Å². The van der Waals surface area contributed by atoms with Gasteiger partial charge in [0.2, 0.25) is 5.91 Å². The number of aromatic nitrogens is 2. The molecule has 1 N–H and O–H groups in total. The summed E-state index contributed by atoms with van der Waals surface area (Å²) in [6.45, 7) is 7.62. The van der Waals surface area contributed by atoms with E-state index in [-0.39, 0.29) is 18.7 Å². The summed E-state index contributed by atoms with van der Waals surface area (Å²) in [5.41, 5.74) is 1.57. The third-order valence-corrected chi connectivity index (χ3v) is 5.53. The molecule has 0 unspecified atom stereocenters. The number of carbonyl (C=O) groups excluding carboxylic acids is 2. The maximum absolute atomic E-state index is 12.8. The smallest absolute Gasteiger partial charge is 0.341 e. The molecule has 2 aromatic heterocycles. The molecule has 3 rings (SSSR count). The number of esters is 1. The number of aryl methyl sites for hydroxylation is 1. The molecule has 0 aliphatic carbocycles. The van der Waals surface area contributed by atoms with Crippen molar-refractivity contribution in [3.05, 3.63) is 57.0 Å². The van der Waals surface area contributed by atoms with Crippen LogP contribution in [0.2, 0.25) is 0 Å². The van der Waals surface area contributed by atoms with E-state index in [1.807, 2.05) is 11.4 Å². The first-order valence-electron chi connectivity index (χ1n) is 9.85. The fourth-order valence-corrected chi connectivity index (χ4v) is 4.26. The van der Waals surface area contributed by atoms with E-state index in [1.54, 1.807) is 32.0 Å². The number of thiophene rings is 1. The molecule has 0 fully saturated rings. The van der Waals surface area contributed by atoms with Gasteiger partial charge in [0, 0.05) is 0 Å². The fraction of sp³-hybridized carbons (Fsp3) is 0.364. The van der Waals surface area contributed by atoms with Crippen LogP contribution in [0.4, 0.5) is 5.00 Å². The van der Waals surface area contributed by atoms with Crippen LogP contribution in [0.15, 0.2) is 34.4 Å². The molecule has 2 heterocycles. The summed E-state index contributed by atoms with van der Waals surface area (Å²) >= 11 is 1.29. The van der Waals surface area contributed by atoms with E-state index >= 15 is 0 Å². The minimum atomic E-state index is -0.453. The molecule has 0 saturated heterocycles. The van der Waals surface area contributed by atoms with Gasteiger partial charge in [-0.15, -0.1) is 11.3 Å². The van der Waals surface area contributed by atoms with Crippen molar-refractivity contribution >= 4 is 39.1 Å². The largest absolute Gasteiger partial charge is 0.462 e. The summed E-state index contributed by atoms with van der Waals surface area (Å²) in [5.74, 6) is -0.0569. The Balaban J connectivity index is 1.88. The molecule has 0 spiro atoms. The zero-order chi connectivity index (χ0) is 21.8. The van der Waals surface area contributed by atoms with Crippen molar-refractivity contribution in [3.63, 3.8) is 0 Å². The molecular formula is C22H25N3O4S. The number of anilines is 1. The van der Waals surface area contributed by atoms with Gasteiger partial charge in [-0.05, 0) is 49.3 Å². The fourth-order valence-electron chi connectivity index (χ4n) is 3.28. The number of amides is 1. The van der Waals surface area contributed by atoms with Crippen LogP contribution < -0.4 is 10.9 Å². The lowest BCUT2D eigenvalue weighted by atomic mass is 10.0. The zero-order valence-electron chi connectivity index (χ0n) is 17.5. The van der Waals surface area contributed by atoms with Gasteiger partial charge in [0.25, 0.3) is 5.56 Å². The summed E-state index contributed by atoms with van der Waals surface area (Å²) in [6, 6.07) is 7.03. The van der Waals surface area contributed by atoms with Crippen molar-refractivity contribution in [1.82, 2.24) is 9.55 Å². The van der Waals surface area contributed by atoms with Gasteiger partial charge in [0.15, 0.2) is 0 Å². The van der Waals surface area contributed by atoms with Crippen LogP contribution in [0.1, 0.15) is 42.5 Å². The zero-order valence-corrected chi connectivity index (χ0v) is 18.3. The number of benzene rings is 1. The summed E-state index contributed by atoms with van der Waals surface area (Å²) in [5, 5.41) is 5.55. The number of rotatable bonds is 7. The van der Waals surface area contributed by atoms with Crippen LogP contribution in [-0.2, 0) is 22.5 Å². The highest BCUT2D eigenvalue weighted by Crippen LogP contribution is 2.31. The van der Waals surface area contributed by atoms with Crippen molar-refractivity contribution in [3.8, 4) is 0 Å². The van der Waals surface area contributed by atoms with Gasteiger partial charge in [0.1, 0.15) is 17.4 Å². The van der Waals surface area contributed by atoms with Crippen LogP contribution >= 0.6 is 11.3 Å². The topological polar surface area (TPSA) is 90.3 Å². The van der Waals surface area contributed by atoms with Gasteiger partial charge in [-0.1, -0.05) is 26.0 Å². The summed E-state index contributed by atoms with van der Waals surface area (Å²) in [6.07, 6.45) is 0.702. The Labute approximate surface area is 178 Å². The third-order valence-electron chi connectivity index (χ3n) is 4.58. The molecule has 7 nitrogen and oxygen atoms in total. The molecular weight excluding hydrogens is 402 g/mol. The molecule has 30 heavy (non-hydrogen) atoms. The highest BCUT2D eigenvalue weighted by Gasteiger charge is 2.22. The second-order valence-electron chi connectivity index (χ2n) is 7.40. The number of ether oxygens (including phenoxy) is 1. The second kappa shape index (κ2) is 9.21. The first kappa shape index (κ1) is 21.7. The number of nitrogens with one attached hydrogen (secondary N) is 1. The number of nitrogens with zero attached hydrogens (tertiary/aromatic N) is 2. The molecule has 0 radical (unpaired) electrons. The molecule has 0 bridgehead atoms. The maximum atomic E-state index is 12.8. The SMILES string of the molecule is CCOC(=O)c1c(CC(C)C)csc1NC(=O)Cn1c(C)nc2ccccc2c1=O. The van der Waals surface area contributed by atoms with Crippen molar-refractivity contribution in [2.45, 2.75) is 40.7 Å². The maximum Gasteiger partial charge on any atom is 0.341 e. The van der Waals surface area contributed by atoms with Gasteiger partial charge < -0.3 is 10.1 Å². The molecule has 0 aliphatic heterocycles. The van der Waals surface area contributed by atoms with E-state index in [2.05, 4.69) is 24.1 Å². The molecule has 1 amide bonds. The van der Waals surface area contributed by atoms with Crippen LogP contribution in [0.5, 0.6) is 0 Å². The van der Waals surface area contributed by atoms with E-state index < -0.39 is 11.9 Å². The third kappa shape index (κ3) is 4.59. The monoisotopic (exact) mass is 427 g/mol. The van der Waals surface area contributed by atoms with Crippen LogP contribution in [-0.4, -0.2) is 28.0 Å². The first-order chi connectivity index (χ1) is 14.3. The highest BCUT2D eigenvalue weighted by atomic mass is 32.1. The van der Waals surface area contributed by atoms with Crippen molar-refractivity contribution < 1.29 is 14.3 Å². The first-order valence-corrected chi connectivity index (χ1v) is 10.7. The lowest BCUT2D eigenvalue weighted by Crippen LogP contribution is -2.30. The average molecular weight is 428 g/mol. The Morgan fingerprint density at radius 2 is 2.00 bits per heavy atom. The van der Waals surface area contributed by atoms with Crippen molar-refractivity contribution in [1.29, 1.82) is 0 Å². The average Bonchev–Trinajstić information content (AvgIpc) is 3.06. The molecule has 3 aromatic rings. The molecule has 158 valence electrons.